The zero-order chi connectivity index (χ0) is 19.9. The number of hydrogen-bond donors (Lipinski definition) is 2. The number of ketones is 1. The minimum atomic E-state index is -1.41. The Morgan fingerprint density at radius 3 is 2.52 bits per heavy atom. The predicted molar refractivity (Wildman–Crippen MR) is 92.1 cm³/mol. The Kier molecular flexibility index (Phi) is 4.52. The molecule has 1 aromatic carbocycles. The number of carboxylic acid groups (broad SMARTS) is 2. The number of amides is 1. The average Bonchev–Trinajstić information content (AvgIpc) is 3.16. The van der Waals surface area contributed by atoms with Crippen molar-refractivity contribution in [2.75, 3.05) is 14.1 Å². The number of carbonyl (C=O) groups is 4. The van der Waals surface area contributed by atoms with E-state index < -0.39 is 29.5 Å². The number of carboxylic acids is 2. The second kappa shape index (κ2) is 6.67. The highest BCUT2D eigenvalue weighted by Gasteiger charge is 2.35. The van der Waals surface area contributed by atoms with Gasteiger partial charge < -0.3 is 19.7 Å². The molecule has 0 bridgehead atoms. The van der Waals surface area contributed by atoms with E-state index >= 15 is 0 Å². The molecule has 1 heterocycles. The van der Waals surface area contributed by atoms with E-state index in [-0.39, 0.29) is 24.5 Å². The van der Waals surface area contributed by atoms with Gasteiger partial charge in [-0.25, -0.2) is 14.6 Å². The summed E-state index contributed by atoms with van der Waals surface area (Å²) >= 11 is 0. The number of hydrogen-bond acceptors (Lipinski definition) is 5. The lowest BCUT2D eigenvalue weighted by Crippen LogP contribution is -2.23. The van der Waals surface area contributed by atoms with Crippen LogP contribution in [0.25, 0.3) is 0 Å². The highest BCUT2D eigenvalue weighted by molar-refractivity contribution is 6.04. The third-order valence-electron chi connectivity index (χ3n) is 4.48. The Bertz CT molecular complexity index is 975. The van der Waals surface area contributed by atoms with E-state index in [9.17, 15) is 24.3 Å². The number of aromatic nitrogens is 2. The monoisotopic (exact) mass is 371 g/mol. The van der Waals surface area contributed by atoms with Crippen molar-refractivity contribution in [2.45, 2.75) is 18.9 Å². The Balaban J connectivity index is 1.94. The summed E-state index contributed by atoms with van der Waals surface area (Å²) in [6.07, 6.45) is 1.46. The molecule has 27 heavy (non-hydrogen) atoms. The van der Waals surface area contributed by atoms with Gasteiger partial charge in [-0.2, -0.15) is 0 Å². The van der Waals surface area contributed by atoms with Crippen LogP contribution in [-0.4, -0.2) is 62.4 Å². The molecule has 0 spiro atoms. The predicted octanol–water partition coefficient (Wildman–Crippen LogP) is 0.890. The fourth-order valence-electron chi connectivity index (χ4n) is 3.10. The van der Waals surface area contributed by atoms with Gasteiger partial charge >= 0.3 is 11.9 Å². The molecule has 1 unspecified atom stereocenters. The lowest BCUT2D eigenvalue weighted by molar-refractivity contribution is -0.127. The SMILES string of the molecule is CN(C)C(=O)Cc1ccc2c(c1)CC(n1cc(C(=O)O)nc1C(=O)O)C2=O. The van der Waals surface area contributed by atoms with Gasteiger partial charge in [0, 0.05) is 32.3 Å². The lowest BCUT2D eigenvalue weighted by atomic mass is 10.0. The topological polar surface area (TPSA) is 130 Å². The molecule has 0 saturated heterocycles. The summed E-state index contributed by atoms with van der Waals surface area (Å²) in [5.74, 6) is -3.68. The first-order valence-electron chi connectivity index (χ1n) is 8.10. The number of rotatable bonds is 5. The van der Waals surface area contributed by atoms with Gasteiger partial charge in [0.1, 0.15) is 6.04 Å². The highest BCUT2D eigenvalue weighted by atomic mass is 16.4. The molecule has 9 nitrogen and oxygen atoms in total. The van der Waals surface area contributed by atoms with Gasteiger partial charge in [0.25, 0.3) is 0 Å². The van der Waals surface area contributed by atoms with Crippen LogP contribution < -0.4 is 0 Å². The first-order valence-corrected chi connectivity index (χ1v) is 8.10. The number of likely N-dealkylation sites (N-methyl/N-ethyl adjacent to an activating group) is 1. The number of Topliss-reactive ketones (excluding diaryl/α,β-unsaturated/α-hetero) is 1. The van der Waals surface area contributed by atoms with Gasteiger partial charge in [-0.1, -0.05) is 18.2 Å². The van der Waals surface area contributed by atoms with Crippen LogP contribution in [0, 0.1) is 0 Å². The number of fused-ring (bicyclic) bond motifs is 1. The molecule has 2 aromatic rings. The van der Waals surface area contributed by atoms with Crippen LogP contribution in [0.1, 0.15) is 48.6 Å². The molecular formula is C18H17N3O6. The molecule has 3 rings (SSSR count). The molecule has 1 aromatic heterocycles. The quantitative estimate of drug-likeness (QED) is 0.798. The maximum Gasteiger partial charge on any atom is 0.372 e. The van der Waals surface area contributed by atoms with E-state index in [0.717, 1.165) is 16.3 Å². The number of nitrogens with zero attached hydrogens (tertiary/aromatic N) is 3. The molecule has 1 aliphatic carbocycles. The molecule has 0 saturated carbocycles. The van der Waals surface area contributed by atoms with Gasteiger partial charge in [-0.15, -0.1) is 0 Å². The molecule has 1 aliphatic rings. The normalized spacial score (nSPS) is 15.5. The van der Waals surface area contributed by atoms with Crippen molar-refractivity contribution in [3.05, 3.63) is 52.6 Å². The van der Waals surface area contributed by atoms with E-state index in [1.165, 1.54) is 4.90 Å². The summed E-state index contributed by atoms with van der Waals surface area (Å²) in [6, 6.07) is 4.18. The molecular weight excluding hydrogens is 354 g/mol. The molecule has 2 N–H and O–H groups in total. The number of carbonyl (C=O) groups excluding carboxylic acids is 2. The second-order valence-electron chi connectivity index (χ2n) is 6.51. The van der Waals surface area contributed by atoms with Crippen LogP contribution in [0.2, 0.25) is 0 Å². The fraction of sp³-hybridized carbons (Fsp3) is 0.278. The smallest absolute Gasteiger partial charge is 0.372 e. The standard InChI is InChI=1S/C18H17N3O6/c1-20(2)14(22)6-9-3-4-11-10(5-9)7-13(15(11)23)21-8-12(17(24)25)19-16(21)18(26)27/h3-5,8,13H,6-7H2,1-2H3,(H,24,25)(H,26,27). The second-order valence-corrected chi connectivity index (χ2v) is 6.51. The Labute approximate surface area is 153 Å². The van der Waals surface area contributed by atoms with Crippen molar-refractivity contribution < 1.29 is 29.4 Å². The molecule has 1 amide bonds. The Morgan fingerprint density at radius 2 is 1.93 bits per heavy atom. The minimum Gasteiger partial charge on any atom is -0.476 e. The van der Waals surface area contributed by atoms with Gasteiger partial charge in [-0.05, 0) is 11.1 Å². The maximum atomic E-state index is 12.7. The number of imidazole rings is 1. The fourth-order valence-corrected chi connectivity index (χ4v) is 3.10. The molecule has 1 atom stereocenters. The van der Waals surface area contributed by atoms with Gasteiger partial charge in [0.15, 0.2) is 11.5 Å². The molecule has 0 aliphatic heterocycles. The van der Waals surface area contributed by atoms with Crippen LogP contribution in [0.3, 0.4) is 0 Å². The summed E-state index contributed by atoms with van der Waals surface area (Å²) < 4.78 is 1.10. The van der Waals surface area contributed by atoms with Crippen LogP contribution in [0.4, 0.5) is 0 Å². The van der Waals surface area contributed by atoms with E-state index in [2.05, 4.69) is 4.98 Å². The number of benzene rings is 1. The average molecular weight is 371 g/mol. The van der Waals surface area contributed by atoms with Crippen LogP contribution in [-0.2, 0) is 17.6 Å². The zero-order valence-electron chi connectivity index (χ0n) is 14.7. The molecule has 140 valence electrons. The van der Waals surface area contributed by atoms with Crippen LogP contribution >= 0.6 is 0 Å². The van der Waals surface area contributed by atoms with Crippen molar-refractivity contribution in [3.8, 4) is 0 Å². The van der Waals surface area contributed by atoms with E-state index in [4.69, 9.17) is 5.11 Å². The zero-order valence-corrected chi connectivity index (χ0v) is 14.7. The van der Waals surface area contributed by atoms with Gasteiger partial charge in [0.05, 0.1) is 6.42 Å². The Hall–Kier alpha value is -3.49. The summed E-state index contributed by atoms with van der Waals surface area (Å²) in [4.78, 5) is 52.2. The first-order chi connectivity index (χ1) is 12.7. The third kappa shape index (κ3) is 3.31. The van der Waals surface area contributed by atoms with E-state index in [1.807, 2.05) is 0 Å². The van der Waals surface area contributed by atoms with Crippen LogP contribution in [0.15, 0.2) is 24.4 Å². The molecule has 9 heteroatoms. The Morgan fingerprint density at radius 1 is 1.22 bits per heavy atom. The van der Waals surface area contributed by atoms with Gasteiger partial charge in [0.2, 0.25) is 11.7 Å². The third-order valence-corrected chi connectivity index (χ3v) is 4.48. The lowest BCUT2D eigenvalue weighted by Gasteiger charge is -2.11. The van der Waals surface area contributed by atoms with Crippen molar-refractivity contribution >= 4 is 23.6 Å². The van der Waals surface area contributed by atoms with Crippen molar-refractivity contribution in [2.24, 2.45) is 0 Å². The van der Waals surface area contributed by atoms with E-state index in [0.29, 0.717) is 11.1 Å². The minimum absolute atomic E-state index is 0.0790. The highest BCUT2D eigenvalue weighted by Crippen LogP contribution is 2.32. The van der Waals surface area contributed by atoms with Crippen molar-refractivity contribution in [1.29, 1.82) is 0 Å². The van der Waals surface area contributed by atoms with Crippen LogP contribution in [0.5, 0.6) is 0 Å². The first kappa shape index (κ1) is 18.3. The molecule has 0 fully saturated rings. The summed E-state index contributed by atoms with van der Waals surface area (Å²) in [5.41, 5.74) is 1.43. The summed E-state index contributed by atoms with van der Waals surface area (Å²) in [7, 11) is 3.31. The summed E-state index contributed by atoms with van der Waals surface area (Å²) in [6.45, 7) is 0. The van der Waals surface area contributed by atoms with Gasteiger partial charge in [-0.3, -0.25) is 9.59 Å². The van der Waals surface area contributed by atoms with E-state index in [1.54, 1.807) is 32.3 Å². The number of aromatic carboxylic acids is 2. The largest absolute Gasteiger partial charge is 0.476 e. The van der Waals surface area contributed by atoms with Crippen molar-refractivity contribution in [3.63, 3.8) is 0 Å². The maximum absolute atomic E-state index is 12.7. The molecule has 0 radical (unpaired) electrons. The summed E-state index contributed by atoms with van der Waals surface area (Å²) in [5, 5.41) is 18.4. The van der Waals surface area contributed by atoms with Crippen molar-refractivity contribution in [1.82, 2.24) is 14.5 Å².